The van der Waals surface area contributed by atoms with Gasteiger partial charge in [0.15, 0.2) is 0 Å². The summed E-state index contributed by atoms with van der Waals surface area (Å²) < 4.78 is 0. The minimum atomic E-state index is -0.0390. The van der Waals surface area contributed by atoms with Crippen molar-refractivity contribution in [3.8, 4) is 0 Å². The summed E-state index contributed by atoms with van der Waals surface area (Å²) in [6, 6.07) is 9.98. The standard InChI is InChI=1S/C14H21N2/c1-2-3-4-5-9-12-14(16-15)13-10-7-6-8-11-13/h6-8,10-11,14H,2-5,9,12H2,1H3/q+1. The SMILES string of the molecule is CCCCCCCC([N+]#N)c1ccccc1. The minimum Gasteiger partial charge on any atom is -0.0654 e. The third-order valence-corrected chi connectivity index (χ3v) is 2.90. The van der Waals surface area contributed by atoms with Gasteiger partial charge in [-0.1, -0.05) is 62.9 Å². The molecule has 0 heterocycles. The Morgan fingerprint density at radius 2 is 1.75 bits per heavy atom. The van der Waals surface area contributed by atoms with E-state index < -0.39 is 0 Å². The molecule has 0 aliphatic heterocycles. The van der Waals surface area contributed by atoms with Crippen LogP contribution < -0.4 is 0 Å². The first-order chi connectivity index (χ1) is 7.88. The van der Waals surface area contributed by atoms with Crippen LogP contribution in [0.25, 0.3) is 4.98 Å². The monoisotopic (exact) mass is 217 g/mol. The highest BCUT2D eigenvalue weighted by Crippen LogP contribution is 2.23. The molecule has 1 aromatic rings. The highest BCUT2D eigenvalue weighted by Gasteiger charge is 2.21. The number of rotatable bonds is 7. The predicted molar refractivity (Wildman–Crippen MR) is 67.6 cm³/mol. The van der Waals surface area contributed by atoms with Gasteiger partial charge in [0.1, 0.15) is 4.98 Å². The highest BCUT2D eigenvalue weighted by molar-refractivity contribution is 5.20. The molecule has 0 fully saturated rings. The van der Waals surface area contributed by atoms with Crippen molar-refractivity contribution in [2.75, 3.05) is 0 Å². The van der Waals surface area contributed by atoms with Gasteiger partial charge in [0.25, 0.3) is 0 Å². The highest BCUT2D eigenvalue weighted by atomic mass is 14.9. The molecule has 0 spiro atoms. The first kappa shape index (κ1) is 12.7. The number of unbranched alkanes of at least 4 members (excludes halogenated alkanes) is 4. The Morgan fingerprint density at radius 3 is 2.38 bits per heavy atom. The lowest BCUT2D eigenvalue weighted by Crippen LogP contribution is -1.93. The van der Waals surface area contributed by atoms with E-state index in [0.29, 0.717) is 0 Å². The number of hydrogen-bond acceptors (Lipinski definition) is 1. The molecule has 0 bridgehead atoms. The van der Waals surface area contributed by atoms with E-state index in [1.165, 1.54) is 25.7 Å². The zero-order valence-corrected chi connectivity index (χ0v) is 10.1. The van der Waals surface area contributed by atoms with Gasteiger partial charge in [-0.15, -0.1) is 0 Å². The van der Waals surface area contributed by atoms with Crippen molar-refractivity contribution in [1.82, 2.24) is 0 Å². The molecule has 1 rings (SSSR count). The molecule has 1 atom stereocenters. The molecule has 0 aliphatic carbocycles. The lowest BCUT2D eigenvalue weighted by atomic mass is 10.0. The summed E-state index contributed by atoms with van der Waals surface area (Å²) in [6.45, 7) is 2.22. The van der Waals surface area contributed by atoms with Crippen molar-refractivity contribution in [3.63, 3.8) is 0 Å². The van der Waals surface area contributed by atoms with Gasteiger partial charge >= 0.3 is 6.04 Å². The van der Waals surface area contributed by atoms with Gasteiger partial charge in [0.2, 0.25) is 5.39 Å². The summed E-state index contributed by atoms with van der Waals surface area (Å²) in [5.74, 6) is 0. The van der Waals surface area contributed by atoms with Crippen molar-refractivity contribution in [2.45, 2.75) is 51.5 Å². The summed E-state index contributed by atoms with van der Waals surface area (Å²) in [5.41, 5.74) is 1.11. The Morgan fingerprint density at radius 1 is 1.06 bits per heavy atom. The average molecular weight is 217 g/mol. The Hall–Kier alpha value is -1.36. The molecule has 1 unspecified atom stereocenters. The Bertz CT molecular complexity index is 313. The molecule has 0 saturated heterocycles. The maximum absolute atomic E-state index is 9.01. The van der Waals surface area contributed by atoms with E-state index in [9.17, 15) is 0 Å². The summed E-state index contributed by atoms with van der Waals surface area (Å²) >= 11 is 0. The van der Waals surface area contributed by atoms with E-state index in [0.717, 1.165) is 18.4 Å². The zero-order chi connectivity index (χ0) is 11.6. The molecule has 0 aliphatic rings. The van der Waals surface area contributed by atoms with Crippen LogP contribution >= 0.6 is 0 Å². The topological polar surface area (TPSA) is 28.1 Å². The van der Waals surface area contributed by atoms with Crippen LogP contribution in [-0.4, -0.2) is 0 Å². The van der Waals surface area contributed by atoms with Crippen LogP contribution in [0, 0.1) is 5.39 Å². The number of benzene rings is 1. The van der Waals surface area contributed by atoms with Crippen molar-refractivity contribution in [1.29, 1.82) is 5.39 Å². The van der Waals surface area contributed by atoms with Crippen molar-refractivity contribution >= 4 is 0 Å². The molecule has 0 saturated carbocycles. The van der Waals surface area contributed by atoms with Crippen LogP contribution in [0.15, 0.2) is 30.3 Å². The van der Waals surface area contributed by atoms with Gasteiger partial charge in [-0.2, -0.15) is 0 Å². The Balaban J connectivity index is 2.31. The Labute approximate surface area is 98.3 Å². The van der Waals surface area contributed by atoms with Crippen LogP contribution in [0.1, 0.15) is 57.1 Å². The summed E-state index contributed by atoms with van der Waals surface area (Å²) in [6.07, 6.45) is 7.21. The largest absolute Gasteiger partial charge is 0.339 e. The first-order valence-corrected chi connectivity index (χ1v) is 6.27. The second-order valence-electron chi connectivity index (χ2n) is 4.24. The molecule has 2 nitrogen and oxygen atoms in total. The number of diazo groups is 1. The molecule has 16 heavy (non-hydrogen) atoms. The molecule has 0 amide bonds. The fourth-order valence-electron chi connectivity index (χ4n) is 1.91. The van der Waals surface area contributed by atoms with Crippen molar-refractivity contribution in [3.05, 3.63) is 40.9 Å². The summed E-state index contributed by atoms with van der Waals surface area (Å²) in [7, 11) is 0. The first-order valence-electron chi connectivity index (χ1n) is 6.27. The van der Waals surface area contributed by atoms with E-state index in [1.54, 1.807) is 0 Å². The third kappa shape index (κ3) is 4.44. The second-order valence-corrected chi connectivity index (χ2v) is 4.24. The minimum absolute atomic E-state index is 0.0390. The summed E-state index contributed by atoms with van der Waals surface area (Å²) in [4.78, 5) is 3.48. The molecule has 1 aromatic carbocycles. The van der Waals surface area contributed by atoms with E-state index in [4.69, 9.17) is 5.39 Å². The normalized spacial score (nSPS) is 12.0. The fraction of sp³-hybridized carbons (Fsp3) is 0.571. The second kappa shape index (κ2) is 7.87. The number of nitrogens with zero attached hydrogens (tertiary/aromatic N) is 2. The lowest BCUT2D eigenvalue weighted by molar-refractivity contribution is 0.582. The maximum Gasteiger partial charge on any atom is 0.339 e. The maximum atomic E-state index is 9.01. The molecule has 2 heteroatoms. The van der Waals surface area contributed by atoms with Gasteiger partial charge in [-0.05, 0) is 6.42 Å². The van der Waals surface area contributed by atoms with Gasteiger partial charge in [0, 0.05) is 12.0 Å². The third-order valence-electron chi connectivity index (χ3n) is 2.90. The van der Waals surface area contributed by atoms with Crippen molar-refractivity contribution in [2.24, 2.45) is 0 Å². The van der Waals surface area contributed by atoms with E-state index in [2.05, 4.69) is 11.9 Å². The molecule has 86 valence electrons. The van der Waals surface area contributed by atoms with Gasteiger partial charge < -0.3 is 0 Å². The zero-order valence-electron chi connectivity index (χ0n) is 10.1. The van der Waals surface area contributed by atoms with Crippen LogP contribution in [0.2, 0.25) is 0 Å². The van der Waals surface area contributed by atoms with Crippen LogP contribution in [-0.2, 0) is 0 Å². The van der Waals surface area contributed by atoms with Crippen LogP contribution in [0.4, 0.5) is 0 Å². The molecule has 0 aromatic heterocycles. The quantitative estimate of drug-likeness (QED) is 0.469. The lowest BCUT2D eigenvalue weighted by Gasteiger charge is -2.00. The number of hydrogen-bond donors (Lipinski definition) is 0. The van der Waals surface area contributed by atoms with Crippen LogP contribution in [0.5, 0.6) is 0 Å². The average Bonchev–Trinajstić information content (AvgIpc) is 2.35. The van der Waals surface area contributed by atoms with E-state index >= 15 is 0 Å². The van der Waals surface area contributed by atoms with Crippen molar-refractivity contribution < 1.29 is 0 Å². The molecular formula is C14H21N2+. The van der Waals surface area contributed by atoms with Gasteiger partial charge in [-0.25, -0.2) is 0 Å². The molecule has 0 N–H and O–H groups in total. The van der Waals surface area contributed by atoms with Crippen LogP contribution in [0.3, 0.4) is 0 Å². The predicted octanol–water partition coefficient (Wildman–Crippen LogP) is 4.94. The molecular weight excluding hydrogens is 196 g/mol. The van der Waals surface area contributed by atoms with Gasteiger partial charge in [-0.3, -0.25) is 0 Å². The van der Waals surface area contributed by atoms with E-state index in [-0.39, 0.29) is 6.04 Å². The molecule has 0 radical (unpaired) electrons. The fourth-order valence-corrected chi connectivity index (χ4v) is 1.91. The summed E-state index contributed by atoms with van der Waals surface area (Å²) in [5, 5.41) is 9.01. The Kier molecular flexibility index (Phi) is 6.25. The smallest absolute Gasteiger partial charge is 0.0654 e. The van der Waals surface area contributed by atoms with Gasteiger partial charge in [0.05, 0.1) is 0 Å². The van der Waals surface area contributed by atoms with E-state index in [1.807, 2.05) is 30.3 Å².